The van der Waals surface area contributed by atoms with Gasteiger partial charge in [-0.15, -0.1) is 0 Å². The number of aryl methyl sites for hydroxylation is 1. The second-order valence-electron chi connectivity index (χ2n) is 4.03. The maximum Gasteiger partial charge on any atom is 0.293 e. The molecule has 0 aliphatic heterocycles. The summed E-state index contributed by atoms with van der Waals surface area (Å²) in [6, 6.07) is 4.31. The van der Waals surface area contributed by atoms with Gasteiger partial charge in [-0.25, -0.2) is 0 Å². The number of nitrogens with one attached hydrogen (secondary N) is 1. The molecule has 0 fully saturated rings. The van der Waals surface area contributed by atoms with Crippen LogP contribution in [-0.2, 0) is 13.6 Å². The molecule has 19 heavy (non-hydrogen) atoms. The second kappa shape index (κ2) is 5.30. The summed E-state index contributed by atoms with van der Waals surface area (Å²) in [5.41, 5.74) is 1.45. The van der Waals surface area contributed by atoms with Crippen molar-refractivity contribution >= 4 is 17.7 Å². The highest BCUT2D eigenvalue weighted by atomic mass is 16.6. The Hall–Kier alpha value is -2.70. The predicted octanol–water partition coefficient (Wildman–Crippen LogP) is 1.75. The maximum absolute atomic E-state index is 10.9. The molecule has 0 saturated heterocycles. The first-order valence-electron chi connectivity index (χ1n) is 5.55. The Kier molecular flexibility index (Phi) is 3.56. The normalized spacial score (nSPS) is 10.2. The first kappa shape index (κ1) is 12.7. The summed E-state index contributed by atoms with van der Waals surface area (Å²) >= 11 is 0. The van der Waals surface area contributed by atoms with E-state index in [4.69, 9.17) is 0 Å². The number of aromatic nitrogens is 2. The van der Waals surface area contributed by atoms with Gasteiger partial charge in [-0.05, 0) is 12.1 Å². The molecule has 1 aromatic carbocycles. The summed E-state index contributed by atoms with van der Waals surface area (Å²) in [6.45, 7) is 0.426. The van der Waals surface area contributed by atoms with Crippen LogP contribution >= 0.6 is 0 Å². The van der Waals surface area contributed by atoms with Gasteiger partial charge in [-0.1, -0.05) is 0 Å². The minimum Gasteiger partial charge on any atom is -0.375 e. The molecule has 0 aliphatic carbocycles. The molecule has 7 nitrogen and oxygen atoms in total. The predicted molar refractivity (Wildman–Crippen MR) is 69.0 cm³/mol. The standard InChI is InChI=1S/C12H12N4O3/c1-15-7-10(6-14-15)5-13-11-3-2-9(8-17)4-12(11)16(18)19/h2-4,6-8,13H,5H2,1H3. The monoisotopic (exact) mass is 260 g/mol. The van der Waals surface area contributed by atoms with Crippen LogP contribution in [0.15, 0.2) is 30.6 Å². The lowest BCUT2D eigenvalue weighted by atomic mass is 10.2. The fraction of sp³-hybridized carbons (Fsp3) is 0.167. The van der Waals surface area contributed by atoms with Gasteiger partial charge in [0.05, 0.1) is 11.1 Å². The van der Waals surface area contributed by atoms with Crippen LogP contribution in [-0.4, -0.2) is 21.0 Å². The van der Waals surface area contributed by atoms with Crippen LogP contribution in [0.3, 0.4) is 0 Å². The van der Waals surface area contributed by atoms with Gasteiger partial charge >= 0.3 is 0 Å². The molecule has 2 rings (SSSR count). The van der Waals surface area contributed by atoms with Crippen molar-refractivity contribution in [3.63, 3.8) is 0 Å². The summed E-state index contributed by atoms with van der Waals surface area (Å²) in [6.07, 6.45) is 4.08. The molecule has 0 radical (unpaired) electrons. The van der Waals surface area contributed by atoms with Crippen LogP contribution in [0.5, 0.6) is 0 Å². The Bertz CT molecular complexity index is 621. The summed E-state index contributed by atoms with van der Waals surface area (Å²) in [7, 11) is 1.80. The fourth-order valence-corrected chi connectivity index (χ4v) is 1.68. The van der Waals surface area contributed by atoms with E-state index < -0.39 is 4.92 Å². The minimum atomic E-state index is -0.515. The summed E-state index contributed by atoms with van der Waals surface area (Å²) in [5, 5.41) is 17.9. The molecule has 1 heterocycles. The number of carbonyl (C=O) groups is 1. The molecular weight excluding hydrogens is 248 g/mol. The van der Waals surface area contributed by atoms with E-state index in [9.17, 15) is 14.9 Å². The number of hydrogen-bond donors (Lipinski definition) is 1. The Morgan fingerprint density at radius 2 is 2.32 bits per heavy atom. The van der Waals surface area contributed by atoms with Crippen molar-refractivity contribution in [3.05, 3.63) is 51.8 Å². The molecule has 0 spiro atoms. The lowest BCUT2D eigenvalue weighted by Gasteiger charge is -2.06. The third-order valence-electron chi connectivity index (χ3n) is 2.60. The zero-order chi connectivity index (χ0) is 13.8. The van der Waals surface area contributed by atoms with Crippen molar-refractivity contribution in [2.75, 3.05) is 5.32 Å². The highest BCUT2D eigenvalue weighted by Gasteiger charge is 2.14. The van der Waals surface area contributed by atoms with Crippen LogP contribution in [0.2, 0.25) is 0 Å². The van der Waals surface area contributed by atoms with Crippen LogP contribution in [0.4, 0.5) is 11.4 Å². The van der Waals surface area contributed by atoms with Gasteiger partial charge in [-0.2, -0.15) is 5.10 Å². The highest BCUT2D eigenvalue weighted by Crippen LogP contribution is 2.25. The topological polar surface area (TPSA) is 90.1 Å². The molecule has 0 bridgehead atoms. The molecule has 0 atom stereocenters. The lowest BCUT2D eigenvalue weighted by molar-refractivity contribution is -0.384. The number of benzene rings is 1. The molecule has 98 valence electrons. The van der Waals surface area contributed by atoms with E-state index in [-0.39, 0.29) is 11.3 Å². The molecule has 0 aliphatic rings. The fourth-order valence-electron chi connectivity index (χ4n) is 1.68. The third kappa shape index (κ3) is 2.95. The molecule has 2 aromatic rings. The van der Waals surface area contributed by atoms with Crippen LogP contribution in [0, 0.1) is 10.1 Å². The van der Waals surface area contributed by atoms with Gasteiger partial charge in [0, 0.05) is 37.0 Å². The highest BCUT2D eigenvalue weighted by molar-refractivity contribution is 5.79. The van der Waals surface area contributed by atoms with Gasteiger partial charge in [-0.3, -0.25) is 19.6 Å². The van der Waals surface area contributed by atoms with E-state index in [1.165, 1.54) is 18.2 Å². The molecule has 0 amide bonds. The lowest BCUT2D eigenvalue weighted by Crippen LogP contribution is -2.02. The summed E-state index contributed by atoms with van der Waals surface area (Å²) in [5.74, 6) is 0. The van der Waals surface area contributed by atoms with Crippen molar-refractivity contribution in [2.24, 2.45) is 7.05 Å². The van der Waals surface area contributed by atoms with Gasteiger partial charge in [0.15, 0.2) is 0 Å². The molecule has 0 saturated carbocycles. The van der Waals surface area contributed by atoms with Crippen molar-refractivity contribution in [1.82, 2.24) is 9.78 Å². The summed E-state index contributed by atoms with van der Waals surface area (Å²) in [4.78, 5) is 21.0. The first-order chi connectivity index (χ1) is 9.10. The maximum atomic E-state index is 10.9. The van der Waals surface area contributed by atoms with Gasteiger partial charge in [0.25, 0.3) is 5.69 Å². The SMILES string of the molecule is Cn1cc(CNc2ccc(C=O)cc2[N+](=O)[O-])cn1. The third-order valence-corrected chi connectivity index (χ3v) is 2.60. The van der Waals surface area contributed by atoms with Crippen LogP contribution < -0.4 is 5.32 Å². The average Bonchev–Trinajstić information content (AvgIpc) is 2.82. The molecule has 0 unspecified atom stereocenters. The Labute approximate surface area is 109 Å². The van der Waals surface area contributed by atoms with Crippen molar-refractivity contribution in [1.29, 1.82) is 0 Å². The number of nitro groups is 1. The van der Waals surface area contributed by atoms with E-state index in [0.29, 0.717) is 18.5 Å². The Morgan fingerprint density at radius 1 is 1.53 bits per heavy atom. The van der Waals surface area contributed by atoms with Crippen LogP contribution in [0.1, 0.15) is 15.9 Å². The van der Waals surface area contributed by atoms with Gasteiger partial charge in [0.2, 0.25) is 0 Å². The average molecular weight is 260 g/mol. The molecule has 1 aromatic heterocycles. The molecular formula is C12H12N4O3. The number of nitro benzene ring substituents is 1. The number of aldehydes is 1. The van der Waals surface area contributed by atoms with E-state index in [0.717, 1.165) is 5.56 Å². The quantitative estimate of drug-likeness (QED) is 0.502. The van der Waals surface area contributed by atoms with E-state index in [1.807, 2.05) is 6.20 Å². The number of hydrogen-bond acceptors (Lipinski definition) is 5. The Balaban J connectivity index is 2.19. The van der Waals surface area contributed by atoms with Gasteiger partial charge < -0.3 is 5.32 Å². The number of anilines is 1. The zero-order valence-electron chi connectivity index (χ0n) is 10.2. The Morgan fingerprint density at radius 3 is 2.89 bits per heavy atom. The van der Waals surface area contributed by atoms with Gasteiger partial charge in [0.1, 0.15) is 12.0 Å². The largest absolute Gasteiger partial charge is 0.375 e. The van der Waals surface area contributed by atoms with Crippen molar-refractivity contribution in [2.45, 2.75) is 6.54 Å². The smallest absolute Gasteiger partial charge is 0.293 e. The van der Waals surface area contributed by atoms with E-state index in [2.05, 4.69) is 10.4 Å². The molecule has 1 N–H and O–H groups in total. The van der Waals surface area contributed by atoms with Crippen molar-refractivity contribution in [3.8, 4) is 0 Å². The number of carbonyl (C=O) groups excluding carboxylic acids is 1. The number of nitrogens with zero attached hydrogens (tertiary/aromatic N) is 3. The van der Waals surface area contributed by atoms with Crippen molar-refractivity contribution < 1.29 is 9.72 Å². The minimum absolute atomic E-state index is 0.117. The molecule has 7 heteroatoms. The van der Waals surface area contributed by atoms with Crippen LogP contribution in [0.25, 0.3) is 0 Å². The first-order valence-corrected chi connectivity index (χ1v) is 5.55. The van der Waals surface area contributed by atoms with E-state index >= 15 is 0 Å². The zero-order valence-corrected chi connectivity index (χ0v) is 10.2. The number of rotatable bonds is 5. The summed E-state index contributed by atoms with van der Waals surface area (Å²) < 4.78 is 1.65. The van der Waals surface area contributed by atoms with E-state index in [1.54, 1.807) is 17.9 Å². The second-order valence-corrected chi connectivity index (χ2v) is 4.03.